The molecule has 0 aliphatic carbocycles. The van der Waals surface area contributed by atoms with Gasteiger partial charge in [0, 0.05) is 18.1 Å². The summed E-state index contributed by atoms with van der Waals surface area (Å²) < 4.78 is 21.9. The molecule has 0 amide bonds. The second kappa shape index (κ2) is 7.19. The van der Waals surface area contributed by atoms with Crippen LogP contribution in [0.2, 0.25) is 0 Å². The highest BCUT2D eigenvalue weighted by molar-refractivity contribution is 7.90. The molecular weight excluding hydrogens is 212 g/mol. The van der Waals surface area contributed by atoms with Crippen molar-refractivity contribution in [2.75, 3.05) is 39.7 Å². The predicted molar refractivity (Wildman–Crippen MR) is 65.0 cm³/mol. The molecule has 1 unspecified atom stereocenters. The van der Waals surface area contributed by atoms with Crippen molar-refractivity contribution in [2.24, 2.45) is 0 Å². The van der Waals surface area contributed by atoms with Gasteiger partial charge in [-0.3, -0.25) is 0 Å². The number of hydrogen-bond acceptors (Lipinski definition) is 4. The molecule has 0 bridgehead atoms. The zero-order valence-electron chi connectivity index (χ0n) is 10.3. The van der Waals surface area contributed by atoms with Gasteiger partial charge in [0.1, 0.15) is 9.84 Å². The highest BCUT2D eigenvalue weighted by atomic mass is 32.2. The molecule has 0 spiro atoms. The molecule has 4 nitrogen and oxygen atoms in total. The third-order valence-corrected chi connectivity index (χ3v) is 3.43. The van der Waals surface area contributed by atoms with Gasteiger partial charge in [-0.15, -0.1) is 0 Å². The smallest absolute Gasteiger partial charge is 0.147 e. The minimum Gasteiger partial charge on any atom is -0.317 e. The van der Waals surface area contributed by atoms with Crippen molar-refractivity contribution in [3.05, 3.63) is 0 Å². The molecule has 0 saturated heterocycles. The molecule has 0 aliphatic rings. The lowest BCUT2D eigenvalue weighted by molar-refractivity contribution is 0.356. The molecule has 5 heteroatoms. The molecular formula is C10H24N2O2S. The Hall–Kier alpha value is -0.130. The van der Waals surface area contributed by atoms with Crippen LogP contribution in [-0.4, -0.2) is 59.1 Å². The number of rotatable bonds is 8. The van der Waals surface area contributed by atoms with Gasteiger partial charge in [0.2, 0.25) is 0 Å². The molecule has 0 aromatic heterocycles. The number of nitrogens with one attached hydrogen (secondary N) is 1. The average Bonchev–Trinajstić information content (AvgIpc) is 2.08. The van der Waals surface area contributed by atoms with Gasteiger partial charge in [-0.25, -0.2) is 8.42 Å². The van der Waals surface area contributed by atoms with Crippen molar-refractivity contribution < 1.29 is 8.42 Å². The molecule has 0 saturated carbocycles. The van der Waals surface area contributed by atoms with Crippen LogP contribution in [0.25, 0.3) is 0 Å². The van der Waals surface area contributed by atoms with E-state index < -0.39 is 9.84 Å². The van der Waals surface area contributed by atoms with Crippen molar-refractivity contribution in [3.8, 4) is 0 Å². The summed E-state index contributed by atoms with van der Waals surface area (Å²) in [4.78, 5) is 2.14. The van der Waals surface area contributed by atoms with Crippen molar-refractivity contribution >= 4 is 9.84 Å². The Morgan fingerprint density at radius 1 is 1.27 bits per heavy atom. The van der Waals surface area contributed by atoms with Crippen molar-refractivity contribution in [1.82, 2.24) is 10.2 Å². The maximum Gasteiger partial charge on any atom is 0.147 e. The maximum atomic E-state index is 10.9. The van der Waals surface area contributed by atoms with Gasteiger partial charge in [-0.05, 0) is 47.0 Å². The highest BCUT2D eigenvalue weighted by Crippen LogP contribution is 2.04. The molecule has 0 aromatic rings. The topological polar surface area (TPSA) is 49.4 Å². The van der Waals surface area contributed by atoms with Gasteiger partial charge in [0.05, 0.1) is 0 Å². The third kappa shape index (κ3) is 10.2. The van der Waals surface area contributed by atoms with E-state index in [-0.39, 0.29) is 0 Å². The van der Waals surface area contributed by atoms with Gasteiger partial charge in [-0.2, -0.15) is 0 Å². The average molecular weight is 236 g/mol. The summed E-state index contributed by atoms with van der Waals surface area (Å²) in [5, 5.41) is 3.22. The first-order valence-corrected chi connectivity index (χ1v) is 7.41. The number of nitrogens with zero attached hydrogens (tertiary/aromatic N) is 1. The van der Waals surface area contributed by atoms with Gasteiger partial charge >= 0.3 is 0 Å². The molecule has 1 atom stereocenters. The number of hydrogen-bond donors (Lipinski definition) is 1. The second-order valence-corrected chi connectivity index (χ2v) is 6.61. The fourth-order valence-electron chi connectivity index (χ4n) is 1.44. The van der Waals surface area contributed by atoms with E-state index in [2.05, 4.69) is 10.2 Å². The van der Waals surface area contributed by atoms with Gasteiger partial charge in [0.25, 0.3) is 0 Å². The molecule has 1 N–H and O–H groups in total. The van der Waals surface area contributed by atoms with Crippen LogP contribution in [0.1, 0.15) is 19.3 Å². The van der Waals surface area contributed by atoms with Gasteiger partial charge in [-0.1, -0.05) is 0 Å². The fourth-order valence-corrected chi connectivity index (χ4v) is 2.13. The van der Waals surface area contributed by atoms with Crippen molar-refractivity contribution in [3.63, 3.8) is 0 Å². The van der Waals surface area contributed by atoms with E-state index >= 15 is 0 Å². The molecule has 0 aliphatic heterocycles. The third-order valence-electron chi connectivity index (χ3n) is 2.40. The predicted octanol–water partition coefficient (Wildman–Crippen LogP) is 0.351. The Balaban J connectivity index is 3.71. The van der Waals surface area contributed by atoms with E-state index in [4.69, 9.17) is 0 Å². The Labute approximate surface area is 94.0 Å². The van der Waals surface area contributed by atoms with Crippen LogP contribution in [0.5, 0.6) is 0 Å². The lowest BCUT2D eigenvalue weighted by Crippen LogP contribution is -2.30. The minimum atomic E-state index is -2.80. The summed E-state index contributed by atoms with van der Waals surface area (Å²) in [5.41, 5.74) is 0. The molecule has 0 rings (SSSR count). The summed E-state index contributed by atoms with van der Waals surface area (Å²) >= 11 is 0. The SMILES string of the molecule is CNC(CCCS(C)(=O)=O)CCN(C)C. The van der Waals surface area contributed by atoms with Crippen LogP contribution in [0.4, 0.5) is 0 Å². The first-order chi connectivity index (χ1) is 6.85. The Kier molecular flexibility index (Phi) is 7.13. The van der Waals surface area contributed by atoms with Gasteiger partial charge in [0.15, 0.2) is 0 Å². The van der Waals surface area contributed by atoms with Crippen molar-refractivity contribution in [1.29, 1.82) is 0 Å². The molecule has 92 valence electrons. The monoisotopic (exact) mass is 236 g/mol. The largest absolute Gasteiger partial charge is 0.317 e. The number of sulfone groups is 1. The van der Waals surface area contributed by atoms with Gasteiger partial charge < -0.3 is 10.2 Å². The quantitative estimate of drug-likeness (QED) is 0.661. The normalized spacial score (nSPS) is 14.5. The standard InChI is InChI=1S/C10H24N2O2S/c1-11-10(7-8-12(2)3)6-5-9-15(4,13)14/h10-11H,5-9H2,1-4H3. The first-order valence-electron chi connectivity index (χ1n) is 5.35. The second-order valence-electron chi connectivity index (χ2n) is 4.35. The fraction of sp³-hybridized carbons (Fsp3) is 1.00. The minimum absolute atomic E-state index is 0.299. The van der Waals surface area contributed by atoms with Crippen LogP contribution in [0, 0.1) is 0 Å². The molecule has 15 heavy (non-hydrogen) atoms. The first kappa shape index (κ1) is 14.9. The molecule has 0 radical (unpaired) electrons. The Bertz CT molecular complexity index is 250. The van der Waals surface area contributed by atoms with E-state index in [9.17, 15) is 8.42 Å². The van der Waals surface area contributed by atoms with Crippen LogP contribution in [0.3, 0.4) is 0 Å². The Morgan fingerprint density at radius 3 is 2.27 bits per heavy atom. The molecule has 0 heterocycles. The van der Waals surface area contributed by atoms with E-state index in [1.807, 2.05) is 21.1 Å². The van der Waals surface area contributed by atoms with Crippen molar-refractivity contribution in [2.45, 2.75) is 25.3 Å². The summed E-state index contributed by atoms with van der Waals surface area (Å²) in [5.74, 6) is 0.299. The van der Waals surface area contributed by atoms with E-state index in [1.165, 1.54) is 6.26 Å². The zero-order valence-corrected chi connectivity index (χ0v) is 11.1. The highest BCUT2D eigenvalue weighted by Gasteiger charge is 2.08. The van der Waals surface area contributed by atoms with E-state index in [0.29, 0.717) is 11.8 Å². The lowest BCUT2D eigenvalue weighted by Gasteiger charge is -2.18. The maximum absolute atomic E-state index is 10.9. The molecule has 0 aromatic carbocycles. The summed E-state index contributed by atoms with van der Waals surface area (Å²) in [6, 6.07) is 0.425. The van der Waals surface area contributed by atoms with Crippen LogP contribution in [0.15, 0.2) is 0 Å². The molecule has 0 fully saturated rings. The summed E-state index contributed by atoms with van der Waals surface area (Å²) in [7, 11) is 3.22. The van der Waals surface area contributed by atoms with E-state index in [1.54, 1.807) is 0 Å². The van der Waals surface area contributed by atoms with Crippen LogP contribution < -0.4 is 5.32 Å². The summed E-state index contributed by atoms with van der Waals surface area (Å²) in [6.07, 6.45) is 4.03. The Morgan fingerprint density at radius 2 is 1.87 bits per heavy atom. The van der Waals surface area contributed by atoms with Crippen LogP contribution in [-0.2, 0) is 9.84 Å². The zero-order chi connectivity index (χ0) is 11.9. The summed E-state index contributed by atoms with van der Waals surface area (Å²) in [6.45, 7) is 1.03. The van der Waals surface area contributed by atoms with Crippen LogP contribution >= 0.6 is 0 Å². The van der Waals surface area contributed by atoms with E-state index in [0.717, 1.165) is 25.8 Å². The lowest BCUT2D eigenvalue weighted by atomic mass is 10.1.